The Labute approximate surface area is 228 Å². The molecule has 212 valence electrons. The first-order chi connectivity index (χ1) is 18.7. The van der Waals surface area contributed by atoms with Gasteiger partial charge in [-0.25, -0.2) is 13.9 Å². The van der Waals surface area contributed by atoms with E-state index < -0.39 is 23.2 Å². The Morgan fingerprint density at radius 2 is 2.00 bits per heavy atom. The molecule has 0 atom stereocenters. The van der Waals surface area contributed by atoms with Crippen molar-refractivity contribution in [3.8, 4) is 17.3 Å². The van der Waals surface area contributed by atoms with E-state index in [1.54, 1.807) is 9.58 Å². The summed E-state index contributed by atoms with van der Waals surface area (Å²) in [7, 11) is 0. The molecule has 40 heavy (non-hydrogen) atoms. The van der Waals surface area contributed by atoms with Gasteiger partial charge in [0.2, 0.25) is 0 Å². The molecule has 0 radical (unpaired) electrons. The number of alkyl halides is 3. The number of nitriles is 1. The van der Waals surface area contributed by atoms with Gasteiger partial charge in [0.05, 0.1) is 24.3 Å². The van der Waals surface area contributed by atoms with E-state index in [0.29, 0.717) is 24.7 Å². The van der Waals surface area contributed by atoms with E-state index >= 15 is 0 Å². The maximum atomic E-state index is 13.7. The Balaban J connectivity index is 1.32. The molecule has 2 N–H and O–H groups in total. The molecule has 3 aromatic rings. The highest BCUT2D eigenvalue weighted by molar-refractivity contribution is 5.72. The van der Waals surface area contributed by atoms with Crippen molar-refractivity contribution >= 4 is 11.9 Å². The van der Waals surface area contributed by atoms with Crippen LogP contribution in [-0.4, -0.2) is 49.2 Å². The fourth-order valence-corrected chi connectivity index (χ4v) is 5.62. The second-order valence-electron chi connectivity index (χ2n) is 11.6. The molecule has 1 aliphatic carbocycles. The SMILES string of the molecule is CC(C)(C)OC(=O)N1CCC2(CC(n3nc(-c4cnn(Cc5cc(F)ccc5C(F)(F)F)c4)c(C#N)c3N)C2)C1. The molecule has 2 fully saturated rings. The number of halogens is 4. The number of likely N-dealkylation sites (tertiary alicyclic amines) is 1. The molecular formula is C27H29F4N7O2. The van der Waals surface area contributed by atoms with Crippen LogP contribution in [0.25, 0.3) is 11.3 Å². The largest absolute Gasteiger partial charge is 0.444 e. The first kappa shape index (κ1) is 27.5. The van der Waals surface area contributed by atoms with Gasteiger partial charge < -0.3 is 15.4 Å². The topological polar surface area (TPSA) is 115 Å². The lowest BCUT2D eigenvalue weighted by Crippen LogP contribution is -2.43. The number of aromatic nitrogens is 4. The van der Waals surface area contributed by atoms with Gasteiger partial charge >= 0.3 is 12.3 Å². The highest BCUT2D eigenvalue weighted by Crippen LogP contribution is 2.55. The van der Waals surface area contributed by atoms with Gasteiger partial charge in [0, 0.05) is 24.8 Å². The van der Waals surface area contributed by atoms with Crippen molar-refractivity contribution in [2.75, 3.05) is 18.8 Å². The zero-order valence-corrected chi connectivity index (χ0v) is 22.3. The Morgan fingerprint density at radius 3 is 2.65 bits per heavy atom. The van der Waals surface area contributed by atoms with E-state index in [1.807, 2.05) is 20.8 Å². The maximum Gasteiger partial charge on any atom is 0.416 e. The van der Waals surface area contributed by atoms with Crippen molar-refractivity contribution in [1.29, 1.82) is 5.26 Å². The molecule has 0 bridgehead atoms. The van der Waals surface area contributed by atoms with Gasteiger partial charge in [0.15, 0.2) is 0 Å². The Morgan fingerprint density at radius 1 is 1.27 bits per heavy atom. The lowest BCUT2D eigenvalue weighted by atomic mass is 9.65. The van der Waals surface area contributed by atoms with Crippen molar-refractivity contribution in [1.82, 2.24) is 24.5 Å². The number of nitrogens with zero attached hydrogens (tertiary/aromatic N) is 6. The van der Waals surface area contributed by atoms with E-state index in [2.05, 4.69) is 16.3 Å². The van der Waals surface area contributed by atoms with Gasteiger partial charge in [0.1, 0.15) is 34.6 Å². The van der Waals surface area contributed by atoms with Crippen molar-refractivity contribution < 1.29 is 27.1 Å². The Kier molecular flexibility index (Phi) is 6.55. The molecule has 5 rings (SSSR count). The number of rotatable bonds is 4. The third kappa shape index (κ3) is 5.22. The predicted octanol–water partition coefficient (Wildman–Crippen LogP) is 5.37. The van der Waals surface area contributed by atoms with Crippen LogP contribution in [-0.2, 0) is 17.5 Å². The van der Waals surface area contributed by atoms with Crippen LogP contribution < -0.4 is 5.73 Å². The molecule has 1 saturated heterocycles. The number of carbonyl (C=O) groups excluding carboxylic acids is 1. The molecule has 2 aromatic heterocycles. The van der Waals surface area contributed by atoms with Gasteiger partial charge in [-0.05, 0) is 69.2 Å². The summed E-state index contributed by atoms with van der Waals surface area (Å²) in [5, 5.41) is 18.5. The average molecular weight is 560 g/mol. The van der Waals surface area contributed by atoms with Crippen LogP contribution in [0.15, 0.2) is 30.6 Å². The van der Waals surface area contributed by atoms with E-state index in [-0.39, 0.29) is 46.7 Å². The molecule has 1 spiro atoms. The van der Waals surface area contributed by atoms with E-state index in [9.17, 15) is 27.6 Å². The molecule has 1 saturated carbocycles. The minimum Gasteiger partial charge on any atom is -0.444 e. The highest BCUT2D eigenvalue weighted by Gasteiger charge is 2.51. The summed E-state index contributed by atoms with van der Waals surface area (Å²) in [6.07, 6.45) is 0.132. The van der Waals surface area contributed by atoms with Crippen LogP contribution in [0.4, 0.5) is 28.2 Å². The quantitative estimate of drug-likeness (QED) is 0.430. The number of amides is 1. The summed E-state index contributed by atoms with van der Waals surface area (Å²) >= 11 is 0. The molecule has 1 amide bonds. The fourth-order valence-electron chi connectivity index (χ4n) is 5.62. The predicted molar refractivity (Wildman–Crippen MR) is 136 cm³/mol. The second-order valence-corrected chi connectivity index (χ2v) is 11.6. The average Bonchev–Trinajstić information content (AvgIpc) is 3.53. The number of hydrogen-bond donors (Lipinski definition) is 1. The summed E-state index contributed by atoms with van der Waals surface area (Å²) in [4.78, 5) is 14.2. The van der Waals surface area contributed by atoms with Crippen LogP contribution in [0, 0.1) is 22.6 Å². The van der Waals surface area contributed by atoms with E-state index in [1.165, 1.54) is 17.1 Å². The standard InChI is InChI=1S/C27H29F4N7O2/c1-25(2,3)40-24(39)36-7-6-26(15-36)9-19(10-26)38-23(33)20(11-32)22(35-38)17-12-34-37(14-17)13-16-8-18(28)4-5-21(16)27(29,30)31/h4-5,8,12,14,19H,6-7,9-10,13,15,33H2,1-3H3. The summed E-state index contributed by atoms with van der Waals surface area (Å²) in [5.74, 6) is -0.597. The van der Waals surface area contributed by atoms with Crippen LogP contribution in [0.1, 0.15) is 62.8 Å². The molecule has 2 aliphatic rings. The third-order valence-electron chi connectivity index (χ3n) is 7.44. The third-order valence-corrected chi connectivity index (χ3v) is 7.44. The Bertz CT molecular complexity index is 1490. The summed E-state index contributed by atoms with van der Waals surface area (Å²) in [6, 6.07) is 4.30. The first-order valence-electron chi connectivity index (χ1n) is 12.8. The van der Waals surface area contributed by atoms with Crippen LogP contribution in [0.3, 0.4) is 0 Å². The zero-order chi connectivity index (χ0) is 29.0. The number of ether oxygens (including phenoxy) is 1. The van der Waals surface area contributed by atoms with Gasteiger partial charge in [0.25, 0.3) is 0 Å². The number of nitrogens with two attached hydrogens (primary N) is 1. The second kappa shape index (κ2) is 9.53. The van der Waals surface area contributed by atoms with Crippen molar-refractivity contribution in [3.05, 3.63) is 53.1 Å². The molecule has 0 unspecified atom stereocenters. The zero-order valence-electron chi connectivity index (χ0n) is 22.3. The molecule has 13 heteroatoms. The van der Waals surface area contributed by atoms with Crippen LogP contribution in [0.2, 0.25) is 0 Å². The number of carbonyl (C=O) groups is 1. The molecular weight excluding hydrogens is 530 g/mol. The number of hydrogen-bond acceptors (Lipinski definition) is 6. The van der Waals surface area contributed by atoms with Crippen molar-refractivity contribution in [2.45, 2.75) is 64.4 Å². The van der Waals surface area contributed by atoms with Crippen molar-refractivity contribution in [3.63, 3.8) is 0 Å². The van der Waals surface area contributed by atoms with Crippen LogP contribution in [0.5, 0.6) is 0 Å². The smallest absolute Gasteiger partial charge is 0.416 e. The summed E-state index contributed by atoms with van der Waals surface area (Å²) in [6.45, 7) is 6.32. The lowest BCUT2D eigenvalue weighted by molar-refractivity contribution is -0.138. The Hall–Kier alpha value is -4.08. The number of anilines is 1. The maximum absolute atomic E-state index is 13.7. The molecule has 1 aliphatic heterocycles. The van der Waals surface area contributed by atoms with E-state index in [4.69, 9.17) is 10.5 Å². The van der Waals surface area contributed by atoms with E-state index in [0.717, 1.165) is 31.4 Å². The highest BCUT2D eigenvalue weighted by atomic mass is 19.4. The van der Waals surface area contributed by atoms with Crippen LogP contribution >= 0.6 is 0 Å². The fraction of sp³-hybridized carbons (Fsp3) is 0.481. The van der Waals surface area contributed by atoms with Crippen molar-refractivity contribution in [2.24, 2.45) is 5.41 Å². The minimum atomic E-state index is -4.65. The van der Waals surface area contributed by atoms with Gasteiger partial charge in [-0.2, -0.15) is 28.6 Å². The molecule has 3 heterocycles. The minimum absolute atomic E-state index is 0.0705. The normalized spacial score (nSPS) is 20.9. The number of benzene rings is 1. The summed E-state index contributed by atoms with van der Waals surface area (Å²) in [5.41, 5.74) is 5.25. The molecule has 9 nitrogen and oxygen atoms in total. The lowest BCUT2D eigenvalue weighted by Gasteiger charge is -2.45. The monoisotopic (exact) mass is 559 g/mol. The number of nitrogen functional groups attached to an aromatic ring is 1. The summed E-state index contributed by atoms with van der Waals surface area (Å²) < 4.78 is 62.3. The van der Waals surface area contributed by atoms with Gasteiger partial charge in [-0.1, -0.05) is 0 Å². The van der Waals surface area contributed by atoms with Gasteiger partial charge in [-0.15, -0.1) is 0 Å². The molecule has 1 aromatic carbocycles. The van der Waals surface area contributed by atoms with Gasteiger partial charge in [-0.3, -0.25) is 4.68 Å². The first-order valence-corrected chi connectivity index (χ1v) is 12.8.